The van der Waals surface area contributed by atoms with Gasteiger partial charge in [-0.05, 0) is 167 Å². The zero-order chi connectivity index (χ0) is 33.1. The Morgan fingerprint density at radius 2 is 0.702 bits per heavy atom. The molecule has 47 heavy (non-hydrogen) atoms. The normalized spacial score (nSPS) is 32.4. The van der Waals surface area contributed by atoms with Gasteiger partial charge in [0.25, 0.3) is 0 Å². The van der Waals surface area contributed by atoms with Crippen molar-refractivity contribution in [3.8, 4) is 36.5 Å². The minimum absolute atomic E-state index is 0.593. The molecule has 3 aromatic carbocycles. The maximum Gasteiger partial charge on any atom is 0.0245 e. The molecule has 0 aliphatic heterocycles. The number of terminal acetylenes is 2. The highest BCUT2D eigenvalue weighted by Gasteiger charge is 2.52. The summed E-state index contributed by atoms with van der Waals surface area (Å²) in [4.78, 5) is 0. The zero-order valence-electron chi connectivity index (χ0n) is 29.3. The van der Waals surface area contributed by atoms with Crippen molar-refractivity contribution in [1.29, 1.82) is 0 Å². The zero-order valence-corrected chi connectivity index (χ0v) is 29.3. The van der Waals surface area contributed by atoms with E-state index in [4.69, 9.17) is 0 Å². The molecule has 0 nitrogen and oxygen atoms in total. The minimum Gasteiger partial charge on any atom is -0.120 e. The van der Waals surface area contributed by atoms with Crippen LogP contribution in [0.25, 0.3) is 0 Å². The summed E-state index contributed by atoms with van der Waals surface area (Å²) in [6.45, 7) is 5.15. The summed E-state index contributed by atoms with van der Waals surface area (Å²) in [5.41, 5.74) is 5.56. The molecule has 0 heterocycles. The van der Waals surface area contributed by atoms with Gasteiger partial charge >= 0.3 is 0 Å². The van der Waals surface area contributed by atoms with Gasteiger partial charge in [-0.2, -0.15) is 0 Å². The highest BCUT2D eigenvalue weighted by atomic mass is 14.6. The van der Waals surface area contributed by atoms with E-state index < -0.39 is 0 Å². The van der Waals surface area contributed by atoms with Crippen LogP contribution in [-0.4, -0.2) is 0 Å². The molecule has 3 aromatic rings. The third-order valence-electron chi connectivity index (χ3n) is 11.9. The molecule has 0 N–H and O–H groups in total. The second-order valence-electron chi connectivity index (χ2n) is 15.4. The lowest BCUT2D eigenvalue weighted by Crippen LogP contribution is -2.48. The van der Waals surface area contributed by atoms with Crippen molar-refractivity contribution in [1.82, 2.24) is 0 Å². The molecule has 8 fully saturated rings. The first-order valence-electron chi connectivity index (χ1n) is 18.3. The van der Waals surface area contributed by atoms with Crippen LogP contribution in [0.1, 0.15) is 115 Å². The fourth-order valence-corrected chi connectivity index (χ4v) is 11.2. The molecule has 0 radical (unpaired) electrons. The average Bonchev–Trinajstić information content (AvgIpc) is 3.07. The molecule has 0 spiro atoms. The lowest BCUT2D eigenvalue weighted by molar-refractivity contribution is -0.00530. The molecule has 0 aromatic heterocycles. The van der Waals surface area contributed by atoms with Crippen LogP contribution in [0.2, 0.25) is 0 Å². The van der Waals surface area contributed by atoms with Crippen molar-refractivity contribution in [3.05, 3.63) is 108 Å². The predicted molar refractivity (Wildman–Crippen MR) is 201 cm³/mol. The van der Waals surface area contributed by atoms with E-state index in [0.717, 1.165) is 41.1 Å². The quantitative estimate of drug-likeness (QED) is 0.250. The molecule has 8 aliphatic rings. The van der Waals surface area contributed by atoms with E-state index in [-0.39, 0.29) is 0 Å². The van der Waals surface area contributed by atoms with Gasteiger partial charge in [-0.1, -0.05) is 84.8 Å². The molecule has 8 saturated carbocycles. The van der Waals surface area contributed by atoms with Gasteiger partial charge in [-0.3, -0.25) is 0 Å². The van der Waals surface area contributed by atoms with Gasteiger partial charge in [0.05, 0.1) is 0 Å². The first-order valence-corrected chi connectivity index (χ1v) is 18.3. The highest BCUT2D eigenvalue weighted by molar-refractivity contribution is 5.33. The Bertz CT molecular complexity index is 1360. The summed E-state index contributed by atoms with van der Waals surface area (Å²) in [6, 6.07) is 32.7. The fourth-order valence-electron chi connectivity index (χ4n) is 11.2. The van der Waals surface area contributed by atoms with Crippen molar-refractivity contribution < 1.29 is 0 Å². The summed E-state index contributed by atoms with van der Waals surface area (Å²) in [5.74, 6) is 16.7. The smallest absolute Gasteiger partial charge is 0.0245 e. The molecule has 8 bridgehead atoms. The van der Waals surface area contributed by atoms with Crippen LogP contribution in [0.3, 0.4) is 0 Å². The first kappa shape index (κ1) is 34.7. The second-order valence-corrected chi connectivity index (χ2v) is 15.4. The molecular formula is C47H56. The maximum atomic E-state index is 4.60. The lowest BCUT2D eigenvalue weighted by Gasteiger charge is -2.57. The van der Waals surface area contributed by atoms with E-state index in [9.17, 15) is 0 Å². The van der Waals surface area contributed by atoms with Crippen LogP contribution < -0.4 is 0 Å². The predicted octanol–water partition coefficient (Wildman–Crippen LogP) is 11.6. The summed E-state index contributed by atoms with van der Waals surface area (Å²) >= 11 is 0. The Balaban J connectivity index is 0.000000132. The van der Waals surface area contributed by atoms with Crippen molar-refractivity contribution in [2.24, 2.45) is 35.5 Å². The monoisotopic (exact) mass is 620 g/mol. The average molecular weight is 621 g/mol. The maximum absolute atomic E-state index is 4.60. The molecule has 0 saturated heterocycles. The molecule has 244 valence electrons. The molecule has 11 rings (SSSR count). The second kappa shape index (κ2) is 16.4. The van der Waals surface area contributed by atoms with Gasteiger partial charge in [0, 0.05) is 5.56 Å². The van der Waals surface area contributed by atoms with Crippen molar-refractivity contribution in [2.45, 2.75) is 109 Å². The molecule has 0 unspecified atom stereocenters. The fraction of sp³-hybridized carbons (Fsp3) is 0.489. The van der Waals surface area contributed by atoms with Crippen LogP contribution in [0, 0.1) is 72.0 Å². The van der Waals surface area contributed by atoms with Crippen LogP contribution in [0.4, 0.5) is 0 Å². The van der Waals surface area contributed by atoms with Crippen molar-refractivity contribution in [3.63, 3.8) is 0 Å². The largest absolute Gasteiger partial charge is 0.120 e. The molecule has 8 aliphatic carbocycles. The van der Waals surface area contributed by atoms with E-state index >= 15 is 0 Å². The summed E-state index contributed by atoms with van der Waals surface area (Å²) in [7, 11) is 0. The van der Waals surface area contributed by atoms with Gasteiger partial charge in [0.15, 0.2) is 0 Å². The Morgan fingerprint density at radius 1 is 0.447 bits per heavy atom. The summed E-state index contributed by atoms with van der Waals surface area (Å²) < 4.78 is 0. The van der Waals surface area contributed by atoms with E-state index in [2.05, 4.69) is 97.2 Å². The van der Waals surface area contributed by atoms with Crippen molar-refractivity contribution >= 4 is 0 Å². The van der Waals surface area contributed by atoms with E-state index in [0.29, 0.717) is 10.8 Å². The first-order chi connectivity index (χ1) is 22.9. The number of rotatable bonds is 2. The van der Waals surface area contributed by atoms with Gasteiger partial charge < -0.3 is 0 Å². The van der Waals surface area contributed by atoms with Crippen LogP contribution in [-0.2, 0) is 10.8 Å². The lowest BCUT2D eigenvalue weighted by atomic mass is 9.48. The standard InChI is InChI=1S/2C16H20.C9H8.2C3H4/c2*1-2-4-15(5-3-1)16-9-12-6-13(10-16)8-14(7-12)11-16;1-2-6-9-7-4-3-5-8-9;2*1-3-2/h2*1-5,12-14H,6-11H2;3-5,7-8H,1H3;2*1H,2H3. The number of hydrogen-bond donors (Lipinski definition) is 0. The van der Waals surface area contributed by atoms with Crippen LogP contribution >= 0.6 is 0 Å². The van der Waals surface area contributed by atoms with E-state index in [1.165, 1.54) is 38.5 Å². The Hall–Kier alpha value is -3.66. The number of hydrogen-bond acceptors (Lipinski definition) is 0. The third kappa shape index (κ3) is 8.63. The Kier molecular flexibility index (Phi) is 12.1. The van der Waals surface area contributed by atoms with Gasteiger partial charge in [0.1, 0.15) is 0 Å². The minimum atomic E-state index is 0.593. The topological polar surface area (TPSA) is 0 Å². The van der Waals surface area contributed by atoms with Crippen LogP contribution in [0.15, 0.2) is 91.0 Å². The SMILES string of the molecule is C#CC.C#CC.CC#Cc1ccccc1.c1ccc(C23CC4CC(CC(C4)C2)C3)cc1.c1ccc(C23CC4CC(CC(C4)C2)C3)cc1. The van der Waals surface area contributed by atoms with E-state index in [1.54, 1.807) is 63.5 Å². The third-order valence-corrected chi connectivity index (χ3v) is 11.9. The van der Waals surface area contributed by atoms with Gasteiger partial charge in [-0.15, -0.1) is 30.6 Å². The van der Waals surface area contributed by atoms with Gasteiger partial charge in [0.2, 0.25) is 0 Å². The molecule has 0 atom stereocenters. The Labute approximate surface area is 287 Å². The molecule has 0 heteroatoms. The van der Waals surface area contributed by atoms with E-state index in [1.807, 2.05) is 37.3 Å². The Morgan fingerprint density at radius 3 is 0.957 bits per heavy atom. The number of benzene rings is 3. The summed E-state index contributed by atoms with van der Waals surface area (Å²) in [6.07, 6.45) is 27.4. The highest BCUT2D eigenvalue weighted by Crippen LogP contribution is 2.61. The van der Waals surface area contributed by atoms with Crippen LogP contribution in [0.5, 0.6) is 0 Å². The van der Waals surface area contributed by atoms with Gasteiger partial charge in [-0.25, -0.2) is 0 Å². The summed E-state index contributed by atoms with van der Waals surface area (Å²) in [5, 5.41) is 0. The molecule has 0 amide bonds. The molecular weight excluding hydrogens is 565 g/mol. The van der Waals surface area contributed by atoms with Crippen molar-refractivity contribution in [2.75, 3.05) is 0 Å².